The van der Waals surface area contributed by atoms with Crippen LogP contribution in [-0.4, -0.2) is 68.4 Å². The van der Waals surface area contributed by atoms with Crippen molar-refractivity contribution in [3.05, 3.63) is 24.3 Å². The minimum absolute atomic E-state index is 0.209. The SMILES string of the molecule is CCCCOc1ccc(OCCN2CCN(C(=O)OCC)CC2)cc1. The van der Waals surface area contributed by atoms with E-state index < -0.39 is 0 Å². The molecule has 0 unspecified atom stereocenters. The van der Waals surface area contributed by atoms with Crippen LogP contribution in [0.5, 0.6) is 11.5 Å². The lowest BCUT2D eigenvalue weighted by atomic mass is 10.3. The summed E-state index contributed by atoms with van der Waals surface area (Å²) in [5, 5.41) is 0. The Morgan fingerprint density at radius 3 is 2.12 bits per heavy atom. The Bertz CT molecular complexity index is 499. The van der Waals surface area contributed by atoms with Gasteiger partial charge in [-0.15, -0.1) is 0 Å². The topological polar surface area (TPSA) is 51.2 Å². The summed E-state index contributed by atoms with van der Waals surface area (Å²) in [6.45, 7) is 9.78. The van der Waals surface area contributed by atoms with Crippen LogP contribution >= 0.6 is 0 Å². The summed E-state index contributed by atoms with van der Waals surface area (Å²) in [6, 6.07) is 7.78. The molecule has 1 aromatic rings. The second-order valence-corrected chi connectivity index (χ2v) is 6.05. The number of piperazine rings is 1. The van der Waals surface area contributed by atoms with Gasteiger partial charge in [0.25, 0.3) is 0 Å². The molecule has 0 bridgehead atoms. The highest BCUT2D eigenvalue weighted by atomic mass is 16.6. The van der Waals surface area contributed by atoms with E-state index in [4.69, 9.17) is 14.2 Å². The van der Waals surface area contributed by atoms with Crippen molar-refractivity contribution in [1.82, 2.24) is 9.80 Å². The molecule has 0 radical (unpaired) electrons. The molecule has 140 valence electrons. The molecule has 0 aromatic heterocycles. The summed E-state index contributed by atoms with van der Waals surface area (Å²) in [5.41, 5.74) is 0. The smallest absolute Gasteiger partial charge is 0.409 e. The van der Waals surface area contributed by atoms with E-state index in [2.05, 4.69) is 11.8 Å². The minimum atomic E-state index is -0.209. The molecular weight excluding hydrogens is 320 g/mol. The van der Waals surface area contributed by atoms with Crippen molar-refractivity contribution >= 4 is 6.09 Å². The number of nitrogens with zero attached hydrogens (tertiary/aromatic N) is 2. The van der Waals surface area contributed by atoms with E-state index in [1.807, 2.05) is 31.2 Å². The molecule has 6 heteroatoms. The predicted octanol–water partition coefficient (Wildman–Crippen LogP) is 3.02. The highest BCUT2D eigenvalue weighted by Crippen LogP contribution is 2.18. The number of unbranched alkanes of at least 4 members (excludes halogenated alkanes) is 1. The second kappa shape index (κ2) is 10.8. The number of ether oxygens (including phenoxy) is 3. The molecular formula is C19H30N2O4. The Hall–Kier alpha value is -1.95. The Morgan fingerprint density at radius 1 is 0.960 bits per heavy atom. The fraction of sp³-hybridized carbons (Fsp3) is 0.632. The Kier molecular flexibility index (Phi) is 8.39. The van der Waals surface area contributed by atoms with Crippen LogP contribution in [0.4, 0.5) is 4.79 Å². The second-order valence-electron chi connectivity index (χ2n) is 6.05. The first-order valence-corrected chi connectivity index (χ1v) is 9.22. The van der Waals surface area contributed by atoms with Crippen LogP contribution in [0.15, 0.2) is 24.3 Å². The Labute approximate surface area is 150 Å². The van der Waals surface area contributed by atoms with E-state index >= 15 is 0 Å². The molecule has 0 atom stereocenters. The van der Waals surface area contributed by atoms with Gasteiger partial charge in [0.15, 0.2) is 0 Å². The summed E-state index contributed by atoms with van der Waals surface area (Å²) in [5.74, 6) is 1.74. The summed E-state index contributed by atoms with van der Waals surface area (Å²) in [7, 11) is 0. The molecule has 1 saturated heterocycles. The van der Waals surface area contributed by atoms with E-state index in [0.717, 1.165) is 50.6 Å². The van der Waals surface area contributed by atoms with Crippen LogP contribution < -0.4 is 9.47 Å². The maximum absolute atomic E-state index is 11.7. The monoisotopic (exact) mass is 350 g/mol. The number of hydrogen-bond acceptors (Lipinski definition) is 5. The zero-order chi connectivity index (χ0) is 17.9. The average Bonchev–Trinajstić information content (AvgIpc) is 2.64. The van der Waals surface area contributed by atoms with Crippen molar-refractivity contribution in [3.63, 3.8) is 0 Å². The highest BCUT2D eigenvalue weighted by Gasteiger charge is 2.21. The zero-order valence-corrected chi connectivity index (χ0v) is 15.4. The third-order valence-electron chi connectivity index (χ3n) is 4.16. The van der Waals surface area contributed by atoms with Crippen molar-refractivity contribution in [2.24, 2.45) is 0 Å². The van der Waals surface area contributed by atoms with Crippen LogP contribution in [0.3, 0.4) is 0 Å². The van der Waals surface area contributed by atoms with Crippen LogP contribution in [0, 0.1) is 0 Å². The average molecular weight is 350 g/mol. The Balaban J connectivity index is 1.62. The third kappa shape index (κ3) is 6.82. The van der Waals surface area contributed by atoms with Crippen molar-refractivity contribution in [2.75, 3.05) is 52.5 Å². The van der Waals surface area contributed by atoms with E-state index in [0.29, 0.717) is 26.3 Å². The number of amides is 1. The largest absolute Gasteiger partial charge is 0.494 e. The molecule has 1 aliphatic rings. The van der Waals surface area contributed by atoms with Gasteiger partial charge in [-0.3, -0.25) is 4.90 Å². The van der Waals surface area contributed by atoms with Gasteiger partial charge < -0.3 is 19.1 Å². The summed E-state index contributed by atoms with van der Waals surface area (Å²) < 4.78 is 16.5. The third-order valence-corrected chi connectivity index (χ3v) is 4.16. The molecule has 1 amide bonds. The van der Waals surface area contributed by atoms with E-state index in [1.54, 1.807) is 4.90 Å². The number of carbonyl (C=O) groups excluding carboxylic acids is 1. The molecule has 0 saturated carbocycles. The van der Waals surface area contributed by atoms with Crippen LogP contribution in [0.2, 0.25) is 0 Å². The maximum Gasteiger partial charge on any atom is 0.409 e. The van der Waals surface area contributed by atoms with Gasteiger partial charge in [0.2, 0.25) is 0 Å². The van der Waals surface area contributed by atoms with Gasteiger partial charge >= 0.3 is 6.09 Å². The van der Waals surface area contributed by atoms with Crippen molar-refractivity contribution < 1.29 is 19.0 Å². The summed E-state index contributed by atoms with van der Waals surface area (Å²) in [6.07, 6.45) is 2.00. The molecule has 1 heterocycles. The zero-order valence-electron chi connectivity index (χ0n) is 15.4. The van der Waals surface area contributed by atoms with E-state index in [1.165, 1.54) is 0 Å². The molecule has 0 N–H and O–H groups in total. The number of hydrogen-bond donors (Lipinski definition) is 0. The fourth-order valence-electron chi connectivity index (χ4n) is 2.63. The number of rotatable bonds is 9. The van der Waals surface area contributed by atoms with Gasteiger partial charge in [-0.25, -0.2) is 4.79 Å². The van der Waals surface area contributed by atoms with Gasteiger partial charge in [-0.1, -0.05) is 13.3 Å². The molecule has 2 rings (SSSR count). The van der Waals surface area contributed by atoms with Crippen LogP contribution in [0.25, 0.3) is 0 Å². The molecule has 0 aliphatic carbocycles. The first kappa shape index (κ1) is 19.4. The summed E-state index contributed by atoms with van der Waals surface area (Å²) >= 11 is 0. The van der Waals surface area contributed by atoms with Gasteiger partial charge in [-0.05, 0) is 37.6 Å². The Morgan fingerprint density at radius 2 is 1.56 bits per heavy atom. The van der Waals surface area contributed by atoms with Gasteiger partial charge in [0.1, 0.15) is 18.1 Å². The molecule has 0 spiro atoms. The van der Waals surface area contributed by atoms with Crippen LogP contribution in [-0.2, 0) is 4.74 Å². The highest BCUT2D eigenvalue weighted by molar-refractivity contribution is 5.67. The summed E-state index contributed by atoms with van der Waals surface area (Å²) in [4.78, 5) is 15.7. The quantitative estimate of drug-likeness (QED) is 0.641. The van der Waals surface area contributed by atoms with Crippen LogP contribution in [0.1, 0.15) is 26.7 Å². The minimum Gasteiger partial charge on any atom is -0.494 e. The predicted molar refractivity (Wildman–Crippen MR) is 97.4 cm³/mol. The van der Waals surface area contributed by atoms with Crippen molar-refractivity contribution in [1.29, 1.82) is 0 Å². The van der Waals surface area contributed by atoms with Gasteiger partial charge in [0.05, 0.1) is 13.2 Å². The molecule has 25 heavy (non-hydrogen) atoms. The van der Waals surface area contributed by atoms with Crippen molar-refractivity contribution in [3.8, 4) is 11.5 Å². The normalized spacial score (nSPS) is 15.0. The standard InChI is InChI=1S/C19H30N2O4/c1-3-5-15-24-17-6-8-18(9-7-17)25-16-14-20-10-12-21(13-11-20)19(22)23-4-2/h6-9H,3-5,10-16H2,1-2H3. The first-order valence-electron chi connectivity index (χ1n) is 9.22. The lowest BCUT2D eigenvalue weighted by Gasteiger charge is -2.33. The first-order chi connectivity index (χ1) is 12.2. The molecule has 6 nitrogen and oxygen atoms in total. The van der Waals surface area contributed by atoms with Gasteiger partial charge in [0, 0.05) is 32.7 Å². The lowest BCUT2D eigenvalue weighted by molar-refractivity contribution is 0.0757. The van der Waals surface area contributed by atoms with Crippen molar-refractivity contribution in [2.45, 2.75) is 26.7 Å². The number of carbonyl (C=O) groups is 1. The van der Waals surface area contributed by atoms with Gasteiger partial charge in [-0.2, -0.15) is 0 Å². The molecule has 1 fully saturated rings. The molecule has 1 aliphatic heterocycles. The fourth-order valence-corrected chi connectivity index (χ4v) is 2.63. The maximum atomic E-state index is 11.7. The van der Waals surface area contributed by atoms with E-state index in [-0.39, 0.29) is 6.09 Å². The molecule has 1 aromatic carbocycles. The van der Waals surface area contributed by atoms with E-state index in [9.17, 15) is 4.79 Å². The number of benzene rings is 1. The lowest BCUT2D eigenvalue weighted by Crippen LogP contribution is -2.49.